The van der Waals surface area contributed by atoms with Gasteiger partial charge in [0.2, 0.25) is 0 Å². The van der Waals surface area contributed by atoms with Gasteiger partial charge in [0.25, 0.3) is 0 Å². The number of rotatable bonds is 7. The fourth-order valence-electron chi connectivity index (χ4n) is 9.09. The summed E-state index contributed by atoms with van der Waals surface area (Å²) in [5, 5.41) is 4.76. The summed E-state index contributed by atoms with van der Waals surface area (Å²) >= 11 is 0. The molecule has 5 nitrogen and oxygen atoms in total. The first-order valence-electron chi connectivity index (χ1n) is 20.9. The first-order valence-corrected chi connectivity index (χ1v) is 20.9. The smallest absolute Gasteiger partial charge is 0.164 e. The van der Waals surface area contributed by atoms with Gasteiger partial charge in [-0.15, -0.1) is 0 Å². The third kappa shape index (κ3) is 5.98. The van der Waals surface area contributed by atoms with Crippen LogP contribution >= 0.6 is 0 Å². The van der Waals surface area contributed by atoms with Gasteiger partial charge >= 0.3 is 0 Å². The summed E-state index contributed by atoms with van der Waals surface area (Å²) in [4.78, 5) is 15.2. The number of nitrogens with zero attached hydrogens (tertiary/aromatic N) is 5. The molecule has 0 saturated carbocycles. The van der Waals surface area contributed by atoms with Crippen LogP contribution in [0.25, 0.3) is 111 Å². The van der Waals surface area contributed by atoms with Crippen LogP contribution in [0.15, 0.2) is 224 Å². The van der Waals surface area contributed by atoms with Crippen LogP contribution in [-0.4, -0.2) is 24.1 Å². The van der Waals surface area contributed by atoms with Gasteiger partial charge in [0.05, 0.1) is 22.1 Å². The summed E-state index contributed by atoms with van der Waals surface area (Å²) in [6.45, 7) is 0. The van der Waals surface area contributed by atoms with E-state index in [1.54, 1.807) is 0 Å². The maximum atomic E-state index is 5.11. The van der Waals surface area contributed by atoms with E-state index in [4.69, 9.17) is 15.0 Å². The highest BCUT2D eigenvalue weighted by molar-refractivity contribution is 6.24. The SMILES string of the molecule is c1ccc(-c2cc(-c3ccccc3)cc(-n3c4ccccc4c4ccc5c6ccccc6n(-c6cccc(-c7nc(-c8ccccc8)nc(-c8ccccc8)n7)c6)c5c43)c2)cc1. The molecular weight excluding hydrogens is 755 g/mol. The topological polar surface area (TPSA) is 48.5 Å². The minimum Gasteiger partial charge on any atom is -0.307 e. The molecule has 290 valence electrons. The van der Waals surface area contributed by atoms with Gasteiger partial charge in [-0.05, 0) is 64.7 Å². The van der Waals surface area contributed by atoms with Crippen molar-refractivity contribution in [1.29, 1.82) is 0 Å². The van der Waals surface area contributed by atoms with Crippen LogP contribution in [0.3, 0.4) is 0 Å². The third-order valence-electron chi connectivity index (χ3n) is 11.9. The summed E-state index contributed by atoms with van der Waals surface area (Å²) in [6.07, 6.45) is 0. The molecule has 5 heteroatoms. The number of hydrogen-bond acceptors (Lipinski definition) is 3. The predicted molar refractivity (Wildman–Crippen MR) is 256 cm³/mol. The van der Waals surface area contributed by atoms with Gasteiger partial charge in [0.15, 0.2) is 17.5 Å². The zero-order valence-electron chi connectivity index (χ0n) is 33.6. The Morgan fingerprint density at radius 2 is 0.613 bits per heavy atom. The lowest BCUT2D eigenvalue weighted by molar-refractivity contribution is 1.07. The van der Waals surface area contributed by atoms with E-state index in [0.717, 1.165) is 61.3 Å². The maximum absolute atomic E-state index is 5.11. The summed E-state index contributed by atoms with van der Waals surface area (Å²) in [5.41, 5.74) is 14.1. The van der Waals surface area contributed by atoms with E-state index in [-0.39, 0.29) is 0 Å². The molecule has 12 aromatic rings. The highest BCUT2D eigenvalue weighted by Crippen LogP contribution is 2.43. The fourth-order valence-corrected chi connectivity index (χ4v) is 9.09. The van der Waals surface area contributed by atoms with Crippen molar-refractivity contribution < 1.29 is 0 Å². The molecule has 0 unspecified atom stereocenters. The van der Waals surface area contributed by atoms with Gasteiger partial charge in [-0.1, -0.05) is 182 Å². The molecule has 9 aromatic carbocycles. The van der Waals surface area contributed by atoms with Crippen LogP contribution in [0, 0.1) is 0 Å². The Bertz CT molecular complexity index is 3500. The number of aromatic nitrogens is 5. The monoisotopic (exact) mass is 791 g/mol. The van der Waals surface area contributed by atoms with Gasteiger partial charge in [-0.2, -0.15) is 0 Å². The molecule has 0 N–H and O–H groups in total. The molecular formula is C57H37N5. The van der Waals surface area contributed by atoms with Crippen LogP contribution in [0.5, 0.6) is 0 Å². The van der Waals surface area contributed by atoms with Crippen LogP contribution in [-0.2, 0) is 0 Å². The van der Waals surface area contributed by atoms with Gasteiger partial charge < -0.3 is 9.13 Å². The van der Waals surface area contributed by atoms with Gasteiger partial charge in [-0.25, -0.2) is 15.0 Å². The van der Waals surface area contributed by atoms with E-state index in [0.29, 0.717) is 17.5 Å². The third-order valence-corrected chi connectivity index (χ3v) is 11.9. The van der Waals surface area contributed by atoms with Crippen molar-refractivity contribution in [1.82, 2.24) is 24.1 Å². The molecule has 0 saturated heterocycles. The molecule has 62 heavy (non-hydrogen) atoms. The van der Waals surface area contributed by atoms with E-state index in [1.165, 1.54) is 32.7 Å². The van der Waals surface area contributed by atoms with Crippen LogP contribution in [0.1, 0.15) is 0 Å². The summed E-state index contributed by atoms with van der Waals surface area (Å²) in [6, 6.07) is 79.5. The summed E-state index contributed by atoms with van der Waals surface area (Å²) < 4.78 is 4.91. The average molecular weight is 792 g/mol. The predicted octanol–water partition coefficient (Wildman–Crippen LogP) is 14.4. The van der Waals surface area contributed by atoms with E-state index in [9.17, 15) is 0 Å². The van der Waals surface area contributed by atoms with E-state index in [2.05, 4.69) is 173 Å². The van der Waals surface area contributed by atoms with E-state index < -0.39 is 0 Å². The molecule has 0 aliphatic rings. The molecule has 0 atom stereocenters. The van der Waals surface area contributed by atoms with Crippen molar-refractivity contribution in [2.75, 3.05) is 0 Å². The highest BCUT2D eigenvalue weighted by Gasteiger charge is 2.22. The van der Waals surface area contributed by atoms with Crippen molar-refractivity contribution in [3.63, 3.8) is 0 Å². The maximum Gasteiger partial charge on any atom is 0.164 e. The molecule has 0 radical (unpaired) electrons. The number of fused-ring (bicyclic) bond motifs is 7. The standard InChI is InChI=1S/C57H37N5/c1-5-18-38(19-6-1)43-34-44(39-20-7-2-8-21-39)37-46(36-43)62-52-31-16-14-29-48(52)50-33-32-49-47-28-13-15-30-51(47)61(53(49)54(50)62)45-27-17-26-42(35-45)57-59-55(40-22-9-3-10-23-40)58-56(60-57)41-24-11-4-12-25-41/h1-37H. The lowest BCUT2D eigenvalue weighted by atomic mass is 9.98. The molecule has 0 fully saturated rings. The van der Waals surface area contributed by atoms with Gasteiger partial charge in [0, 0.05) is 49.6 Å². The first kappa shape index (κ1) is 35.5. The van der Waals surface area contributed by atoms with Crippen LogP contribution in [0.4, 0.5) is 0 Å². The zero-order valence-corrected chi connectivity index (χ0v) is 33.6. The highest BCUT2D eigenvalue weighted by atomic mass is 15.1. The quantitative estimate of drug-likeness (QED) is 0.162. The Labute approximate surface area is 358 Å². The van der Waals surface area contributed by atoms with Crippen LogP contribution < -0.4 is 0 Å². The Hall–Kier alpha value is -8.41. The van der Waals surface area contributed by atoms with Crippen LogP contribution in [0.2, 0.25) is 0 Å². The average Bonchev–Trinajstić information content (AvgIpc) is 3.88. The molecule has 3 aromatic heterocycles. The minimum absolute atomic E-state index is 0.616. The van der Waals surface area contributed by atoms with E-state index in [1.807, 2.05) is 60.7 Å². The molecule has 0 spiro atoms. The second kappa shape index (κ2) is 14.7. The fraction of sp³-hybridized carbons (Fsp3) is 0. The van der Waals surface area contributed by atoms with Gasteiger partial charge in [-0.3, -0.25) is 0 Å². The first-order chi connectivity index (χ1) is 30.7. The number of hydrogen-bond donors (Lipinski definition) is 0. The second-order valence-corrected chi connectivity index (χ2v) is 15.7. The summed E-state index contributed by atoms with van der Waals surface area (Å²) in [5.74, 6) is 1.89. The number of benzene rings is 9. The normalized spacial score (nSPS) is 11.5. The lowest BCUT2D eigenvalue weighted by Crippen LogP contribution is -2.02. The van der Waals surface area contributed by atoms with Crippen molar-refractivity contribution >= 4 is 43.6 Å². The Balaban J connectivity index is 1.14. The summed E-state index contributed by atoms with van der Waals surface area (Å²) in [7, 11) is 0. The molecule has 12 rings (SSSR count). The van der Waals surface area contributed by atoms with Crippen molar-refractivity contribution in [3.8, 4) is 67.8 Å². The molecule has 0 aliphatic heterocycles. The Morgan fingerprint density at radius 3 is 1.10 bits per heavy atom. The Kier molecular flexibility index (Phi) is 8.42. The Morgan fingerprint density at radius 1 is 0.242 bits per heavy atom. The second-order valence-electron chi connectivity index (χ2n) is 15.7. The van der Waals surface area contributed by atoms with Crippen molar-refractivity contribution in [2.24, 2.45) is 0 Å². The number of para-hydroxylation sites is 2. The zero-order chi connectivity index (χ0) is 41.0. The van der Waals surface area contributed by atoms with Gasteiger partial charge in [0.1, 0.15) is 0 Å². The largest absolute Gasteiger partial charge is 0.307 e. The molecule has 0 bridgehead atoms. The minimum atomic E-state index is 0.616. The molecule has 3 heterocycles. The van der Waals surface area contributed by atoms with Crippen molar-refractivity contribution in [3.05, 3.63) is 224 Å². The molecule has 0 amide bonds. The molecule has 0 aliphatic carbocycles. The van der Waals surface area contributed by atoms with E-state index >= 15 is 0 Å². The van der Waals surface area contributed by atoms with Crippen molar-refractivity contribution in [2.45, 2.75) is 0 Å². The lowest BCUT2D eigenvalue weighted by Gasteiger charge is -2.16.